The summed E-state index contributed by atoms with van der Waals surface area (Å²) in [5, 5.41) is 6.85. The van der Waals surface area contributed by atoms with Gasteiger partial charge in [-0.25, -0.2) is 4.79 Å². The van der Waals surface area contributed by atoms with E-state index in [4.69, 9.17) is 9.73 Å². The van der Waals surface area contributed by atoms with Crippen LogP contribution in [0.3, 0.4) is 0 Å². The number of nitrogens with zero attached hydrogens (tertiary/aromatic N) is 3. The van der Waals surface area contributed by atoms with E-state index in [0.29, 0.717) is 12.6 Å². The minimum absolute atomic E-state index is 0.204. The summed E-state index contributed by atoms with van der Waals surface area (Å²) < 4.78 is 5.08. The minimum atomic E-state index is -0.204. The number of aryl methyl sites for hydroxylation is 1. The topological polar surface area (TPSA) is 69.2 Å². The molecule has 2 N–H and O–H groups in total. The molecule has 162 valence electrons. The zero-order valence-corrected chi connectivity index (χ0v) is 18.4. The number of ether oxygens (including phenoxy) is 1. The molecule has 0 saturated carbocycles. The average Bonchev–Trinajstić information content (AvgIpc) is 2.72. The fourth-order valence-corrected chi connectivity index (χ4v) is 3.37. The van der Waals surface area contributed by atoms with Gasteiger partial charge in [0, 0.05) is 52.0 Å². The number of piperidine rings is 1. The van der Waals surface area contributed by atoms with Crippen LogP contribution in [0.5, 0.6) is 0 Å². The highest BCUT2D eigenvalue weighted by Gasteiger charge is 2.23. The first-order valence-electron chi connectivity index (χ1n) is 10.8. The van der Waals surface area contributed by atoms with Gasteiger partial charge in [0.2, 0.25) is 0 Å². The number of rotatable bonds is 8. The Morgan fingerprint density at radius 1 is 1.21 bits per heavy atom. The standard InChI is InChI=1S/C22H37N5O2/c1-5-23-21(25-19-13-16-27(17-14-19)22(28)29-6-2)24-15-7-8-18-9-11-20(12-10-18)26(3)4/h9-12,19H,5-8,13-17H2,1-4H3,(H2,23,24,25). The van der Waals surface area contributed by atoms with Crippen molar-refractivity contribution in [3.63, 3.8) is 0 Å². The van der Waals surface area contributed by atoms with E-state index in [1.165, 1.54) is 11.3 Å². The third-order valence-corrected chi connectivity index (χ3v) is 5.05. The Labute approximate surface area is 175 Å². The summed E-state index contributed by atoms with van der Waals surface area (Å²) in [6.45, 7) is 7.40. The molecule has 0 spiro atoms. The molecule has 0 bridgehead atoms. The Morgan fingerprint density at radius 3 is 2.48 bits per heavy atom. The number of carbonyl (C=O) groups is 1. The SMILES string of the molecule is CCNC(=NCCCc1ccc(N(C)C)cc1)NC1CCN(C(=O)OCC)CC1. The van der Waals surface area contributed by atoms with Crippen LogP contribution in [0.2, 0.25) is 0 Å². The molecule has 1 aromatic carbocycles. The number of guanidine groups is 1. The fraction of sp³-hybridized carbons (Fsp3) is 0.636. The maximum atomic E-state index is 11.8. The lowest BCUT2D eigenvalue weighted by atomic mass is 10.1. The second-order valence-electron chi connectivity index (χ2n) is 7.53. The van der Waals surface area contributed by atoms with Crippen LogP contribution in [0, 0.1) is 0 Å². The van der Waals surface area contributed by atoms with Crippen molar-refractivity contribution in [1.29, 1.82) is 0 Å². The molecule has 0 aliphatic carbocycles. The van der Waals surface area contributed by atoms with E-state index in [0.717, 1.165) is 57.8 Å². The van der Waals surface area contributed by atoms with Crippen LogP contribution in [0.15, 0.2) is 29.3 Å². The van der Waals surface area contributed by atoms with E-state index in [-0.39, 0.29) is 6.09 Å². The first-order valence-corrected chi connectivity index (χ1v) is 10.8. The highest BCUT2D eigenvalue weighted by Crippen LogP contribution is 2.14. The third-order valence-electron chi connectivity index (χ3n) is 5.05. The highest BCUT2D eigenvalue weighted by molar-refractivity contribution is 5.80. The van der Waals surface area contributed by atoms with E-state index in [2.05, 4.69) is 60.8 Å². The Morgan fingerprint density at radius 2 is 1.90 bits per heavy atom. The number of benzene rings is 1. The number of anilines is 1. The van der Waals surface area contributed by atoms with E-state index in [1.807, 2.05) is 6.92 Å². The summed E-state index contributed by atoms with van der Waals surface area (Å²) in [6, 6.07) is 9.04. The number of hydrogen-bond donors (Lipinski definition) is 2. The molecule has 2 rings (SSSR count). The molecule has 7 heteroatoms. The number of hydrogen-bond acceptors (Lipinski definition) is 4. The quantitative estimate of drug-likeness (QED) is 0.397. The number of nitrogens with one attached hydrogen (secondary N) is 2. The van der Waals surface area contributed by atoms with Crippen LogP contribution in [0.25, 0.3) is 0 Å². The number of likely N-dealkylation sites (tertiary alicyclic amines) is 1. The molecular weight excluding hydrogens is 366 g/mol. The first kappa shape index (κ1) is 22.8. The van der Waals surface area contributed by atoms with Gasteiger partial charge in [-0.3, -0.25) is 4.99 Å². The van der Waals surface area contributed by atoms with Crippen molar-refractivity contribution in [2.45, 2.75) is 45.6 Å². The minimum Gasteiger partial charge on any atom is -0.450 e. The second kappa shape index (κ2) is 12.2. The molecule has 0 radical (unpaired) electrons. The zero-order chi connectivity index (χ0) is 21.1. The molecule has 1 aromatic rings. The van der Waals surface area contributed by atoms with Crippen LogP contribution in [0.1, 0.15) is 38.7 Å². The summed E-state index contributed by atoms with van der Waals surface area (Å²) in [5.41, 5.74) is 2.56. The smallest absolute Gasteiger partial charge is 0.409 e. The number of aliphatic imine (C=N–C) groups is 1. The van der Waals surface area contributed by atoms with Gasteiger partial charge in [0.1, 0.15) is 0 Å². The van der Waals surface area contributed by atoms with Crippen molar-refractivity contribution in [2.24, 2.45) is 4.99 Å². The summed E-state index contributed by atoms with van der Waals surface area (Å²) in [4.78, 5) is 20.4. The van der Waals surface area contributed by atoms with E-state index >= 15 is 0 Å². The van der Waals surface area contributed by atoms with Crippen LogP contribution in [0.4, 0.5) is 10.5 Å². The van der Waals surface area contributed by atoms with Gasteiger partial charge in [-0.2, -0.15) is 0 Å². The van der Waals surface area contributed by atoms with Crippen molar-refractivity contribution in [3.8, 4) is 0 Å². The fourth-order valence-electron chi connectivity index (χ4n) is 3.37. The first-order chi connectivity index (χ1) is 14.0. The van der Waals surface area contributed by atoms with Crippen LogP contribution in [-0.4, -0.2) is 69.9 Å². The van der Waals surface area contributed by atoms with Crippen molar-refractivity contribution in [1.82, 2.24) is 15.5 Å². The lowest BCUT2D eigenvalue weighted by Gasteiger charge is -2.32. The average molecular weight is 404 g/mol. The molecule has 29 heavy (non-hydrogen) atoms. The zero-order valence-electron chi connectivity index (χ0n) is 18.4. The predicted molar refractivity (Wildman–Crippen MR) is 120 cm³/mol. The largest absolute Gasteiger partial charge is 0.450 e. The molecule has 0 unspecified atom stereocenters. The summed E-state index contributed by atoms with van der Waals surface area (Å²) in [5.74, 6) is 0.866. The van der Waals surface area contributed by atoms with Crippen LogP contribution in [-0.2, 0) is 11.2 Å². The molecule has 0 atom stereocenters. The van der Waals surface area contributed by atoms with Crippen molar-refractivity contribution >= 4 is 17.7 Å². The molecule has 1 aliphatic rings. The molecule has 1 amide bonds. The van der Waals surface area contributed by atoms with Gasteiger partial charge >= 0.3 is 6.09 Å². The van der Waals surface area contributed by atoms with Crippen LogP contribution >= 0.6 is 0 Å². The Kier molecular flexibility index (Phi) is 9.60. The molecule has 1 fully saturated rings. The Bertz CT molecular complexity index is 637. The van der Waals surface area contributed by atoms with Gasteiger partial charge in [0.15, 0.2) is 5.96 Å². The molecular formula is C22H37N5O2. The van der Waals surface area contributed by atoms with E-state index in [9.17, 15) is 4.79 Å². The van der Waals surface area contributed by atoms with Gasteiger partial charge in [-0.15, -0.1) is 0 Å². The Hall–Kier alpha value is -2.44. The van der Waals surface area contributed by atoms with Gasteiger partial charge in [0.25, 0.3) is 0 Å². The maximum Gasteiger partial charge on any atom is 0.409 e. The van der Waals surface area contributed by atoms with Gasteiger partial charge in [-0.05, 0) is 57.2 Å². The predicted octanol–water partition coefficient (Wildman–Crippen LogP) is 2.86. The third kappa shape index (κ3) is 7.83. The summed E-state index contributed by atoms with van der Waals surface area (Å²) in [7, 11) is 4.11. The van der Waals surface area contributed by atoms with Crippen LogP contribution < -0.4 is 15.5 Å². The highest BCUT2D eigenvalue weighted by atomic mass is 16.6. The van der Waals surface area contributed by atoms with Gasteiger partial charge in [-0.1, -0.05) is 12.1 Å². The molecule has 7 nitrogen and oxygen atoms in total. The van der Waals surface area contributed by atoms with Crippen molar-refractivity contribution < 1.29 is 9.53 Å². The van der Waals surface area contributed by atoms with Gasteiger partial charge in [0.05, 0.1) is 6.61 Å². The summed E-state index contributed by atoms with van der Waals surface area (Å²) in [6.07, 6.45) is 3.64. The van der Waals surface area contributed by atoms with Gasteiger partial charge < -0.3 is 25.2 Å². The summed E-state index contributed by atoms with van der Waals surface area (Å²) >= 11 is 0. The molecule has 1 saturated heterocycles. The lowest BCUT2D eigenvalue weighted by molar-refractivity contribution is 0.0963. The normalized spacial score (nSPS) is 15.2. The van der Waals surface area contributed by atoms with Crippen molar-refractivity contribution in [2.75, 3.05) is 51.8 Å². The number of amides is 1. The second-order valence-corrected chi connectivity index (χ2v) is 7.53. The lowest BCUT2D eigenvalue weighted by Crippen LogP contribution is -2.49. The van der Waals surface area contributed by atoms with E-state index in [1.54, 1.807) is 4.90 Å². The molecule has 1 heterocycles. The molecule has 1 aliphatic heterocycles. The van der Waals surface area contributed by atoms with E-state index < -0.39 is 0 Å². The Balaban J connectivity index is 1.75. The monoisotopic (exact) mass is 403 g/mol. The molecule has 0 aromatic heterocycles. The maximum absolute atomic E-state index is 11.8. The number of carbonyl (C=O) groups excluding carboxylic acids is 1. The van der Waals surface area contributed by atoms with Crippen molar-refractivity contribution in [3.05, 3.63) is 29.8 Å².